The van der Waals surface area contributed by atoms with Gasteiger partial charge in [0.2, 0.25) is 0 Å². The van der Waals surface area contributed by atoms with E-state index < -0.39 is 0 Å². The van der Waals surface area contributed by atoms with Crippen LogP contribution in [0.15, 0.2) is 36.8 Å². The first kappa shape index (κ1) is 7.99. The second-order valence-electron chi connectivity index (χ2n) is 3.90. The highest BCUT2D eigenvalue weighted by atomic mass is 16.5. The maximum atomic E-state index is 5.51. The van der Waals surface area contributed by atoms with Crippen molar-refractivity contribution in [2.45, 2.75) is 0 Å². The van der Waals surface area contributed by atoms with E-state index in [-0.39, 0.29) is 0 Å². The molecule has 0 atom stereocenters. The third-order valence-electron chi connectivity index (χ3n) is 3.03. The van der Waals surface area contributed by atoms with Crippen LogP contribution in [0.1, 0.15) is 11.1 Å². The molecule has 2 aliphatic rings. The molecular weight excluding hydrogens is 200 g/mol. The number of hydrogen-bond donors (Lipinski definition) is 0. The van der Waals surface area contributed by atoms with E-state index in [0.717, 1.165) is 22.3 Å². The lowest BCUT2D eigenvalue weighted by atomic mass is 9.96. The van der Waals surface area contributed by atoms with E-state index in [2.05, 4.69) is 12.1 Å². The molecule has 0 unspecified atom stereocenters. The van der Waals surface area contributed by atoms with Crippen LogP contribution in [-0.2, 0) is 0 Å². The second kappa shape index (κ2) is 2.67. The molecule has 2 aromatic carbocycles. The molecule has 0 aliphatic carbocycles. The lowest BCUT2D eigenvalue weighted by Gasteiger charge is -2.19. The minimum Gasteiger partial charge on any atom is -0.464 e. The fourth-order valence-electron chi connectivity index (χ4n) is 2.32. The van der Waals surface area contributed by atoms with Gasteiger partial charge >= 0.3 is 0 Å². The van der Waals surface area contributed by atoms with Gasteiger partial charge < -0.3 is 9.47 Å². The van der Waals surface area contributed by atoms with Crippen molar-refractivity contribution in [2.75, 3.05) is 0 Å². The Hall–Kier alpha value is -2.22. The molecule has 0 saturated heterocycles. The maximum Gasteiger partial charge on any atom is 0.135 e. The molecule has 0 aromatic heterocycles. The van der Waals surface area contributed by atoms with Crippen LogP contribution in [0.2, 0.25) is 0 Å². The molecular formula is C14H8O2. The number of rotatable bonds is 0. The molecule has 2 nitrogen and oxygen atoms in total. The summed E-state index contributed by atoms with van der Waals surface area (Å²) in [6, 6.07) is 8.13. The third-order valence-corrected chi connectivity index (χ3v) is 3.03. The van der Waals surface area contributed by atoms with Crippen LogP contribution < -0.4 is 9.47 Å². The second-order valence-corrected chi connectivity index (χ2v) is 3.90. The molecule has 76 valence electrons. The molecule has 16 heavy (non-hydrogen) atoms. The number of hydrogen-bond acceptors (Lipinski definition) is 2. The molecule has 4 rings (SSSR count). The van der Waals surface area contributed by atoms with E-state index in [9.17, 15) is 0 Å². The Kier molecular flexibility index (Phi) is 1.33. The Labute approximate surface area is 92.4 Å². The average Bonchev–Trinajstić information content (AvgIpc) is 2.36. The summed E-state index contributed by atoms with van der Waals surface area (Å²) in [6.45, 7) is 0. The third kappa shape index (κ3) is 0.865. The SMILES string of the molecule is C1=Cc2ccc3c4c(ccc(c24)O1)C=CO3. The van der Waals surface area contributed by atoms with Crippen molar-refractivity contribution in [1.82, 2.24) is 0 Å². The van der Waals surface area contributed by atoms with E-state index >= 15 is 0 Å². The first-order valence-electron chi connectivity index (χ1n) is 5.20. The monoisotopic (exact) mass is 208 g/mol. The Morgan fingerprint density at radius 1 is 0.625 bits per heavy atom. The van der Waals surface area contributed by atoms with Crippen LogP contribution in [-0.4, -0.2) is 0 Å². The van der Waals surface area contributed by atoms with Gasteiger partial charge in [-0.25, -0.2) is 0 Å². The first-order valence-corrected chi connectivity index (χ1v) is 5.20. The molecule has 0 amide bonds. The lowest BCUT2D eigenvalue weighted by molar-refractivity contribution is 0.481. The van der Waals surface area contributed by atoms with Crippen LogP contribution in [0.3, 0.4) is 0 Å². The van der Waals surface area contributed by atoms with Crippen LogP contribution in [0.4, 0.5) is 0 Å². The summed E-state index contributed by atoms with van der Waals surface area (Å²) in [4.78, 5) is 0. The van der Waals surface area contributed by atoms with Gasteiger partial charge in [0.05, 0.1) is 12.5 Å². The predicted molar refractivity (Wildman–Crippen MR) is 63.3 cm³/mol. The molecule has 2 aliphatic heterocycles. The molecule has 0 spiro atoms. The maximum absolute atomic E-state index is 5.51. The highest BCUT2D eigenvalue weighted by Gasteiger charge is 2.17. The van der Waals surface area contributed by atoms with E-state index in [1.807, 2.05) is 24.3 Å². The molecule has 0 bridgehead atoms. The smallest absolute Gasteiger partial charge is 0.135 e. The summed E-state index contributed by atoms with van der Waals surface area (Å²) in [5.74, 6) is 1.80. The lowest BCUT2D eigenvalue weighted by Crippen LogP contribution is -1.98. The quantitative estimate of drug-likeness (QED) is 0.659. The molecule has 0 N–H and O–H groups in total. The normalized spacial score (nSPS) is 14.8. The number of ether oxygens (including phenoxy) is 2. The molecule has 2 heterocycles. The van der Waals surface area contributed by atoms with Crippen molar-refractivity contribution < 1.29 is 9.47 Å². The van der Waals surface area contributed by atoms with Gasteiger partial charge in [-0.2, -0.15) is 0 Å². The molecule has 0 radical (unpaired) electrons. The van der Waals surface area contributed by atoms with Crippen LogP contribution >= 0.6 is 0 Å². The van der Waals surface area contributed by atoms with Gasteiger partial charge in [-0.1, -0.05) is 12.1 Å². The summed E-state index contributed by atoms with van der Waals surface area (Å²) in [5.41, 5.74) is 2.36. The van der Waals surface area contributed by atoms with Gasteiger partial charge in [0, 0.05) is 10.8 Å². The van der Waals surface area contributed by atoms with Gasteiger partial charge in [-0.15, -0.1) is 0 Å². The number of benzene rings is 2. The molecule has 0 saturated carbocycles. The minimum absolute atomic E-state index is 0.900. The van der Waals surface area contributed by atoms with Crippen molar-refractivity contribution in [2.24, 2.45) is 0 Å². The fraction of sp³-hybridized carbons (Fsp3) is 0. The fourth-order valence-corrected chi connectivity index (χ4v) is 2.32. The molecule has 0 fully saturated rings. The van der Waals surface area contributed by atoms with Crippen molar-refractivity contribution in [3.8, 4) is 11.5 Å². The molecule has 2 aromatic rings. The Morgan fingerprint density at radius 3 is 1.62 bits per heavy atom. The average molecular weight is 208 g/mol. The zero-order chi connectivity index (χ0) is 10.5. The summed E-state index contributed by atoms with van der Waals surface area (Å²) >= 11 is 0. The predicted octanol–water partition coefficient (Wildman–Crippen LogP) is 3.57. The first-order chi connectivity index (χ1) is 7.93. The van der Waals surface area contributed by atoms with E-state index in [1.54, 1.807) is 12.5 Å². The Morgan fingerprint density at radius 2 is 1.12 bits per heavy atom. The zero-order valence-electron chi connectivity index (χ0n) is 8.44. The van der Waals surface area contributed by atoms with Gasteiger partial charge in [-0.3, -0.25) is 0 Å². The van der Waals surface area contributed by atoms with Crippen LogP contribution in [0.25, 0.3) is 22.9 Å². The Balaban J connectivity index is 2.29. The minimum atomic E-state index is 0.900. The summed E-state index contributed by atoms with van der Waals surface area (Å²) in [7, 11) is 0. The van der Waals surface area contributed by atoms with Crippen LogP contribution in [0, 0.1) is 0 Å². The van der Waals surface area contributed by atoms with E-state index in [1.165, 1.54) is 11.1 Å². The van der Waals surface area contributed by atoms with E-state index in [4.69, 9.17) is 9.47 Å². The highest BCUT2D eigenvalue weighted by molar-refractivity contribution is 6.05. The summed E-state index contributed by atoms with van der Waals surface area (Å²) in [6.07, 6.45) is 7.40. The largest absolute Gasteiger partial charge is 0.464 e. The van der Waals surface area contributed by atoms with Gasteiger partial charge in [0.25, 0.3) is 0 Å². The highest BCUT2D eigenvalue weighted by Crippen LogP contribution is 2.42. The van der Waals surface area contributed by atoms with Gasteiger partial charge in [0.1, 0.15) is 11.5 Å². The summed E-state index contributed by atoms with van der Waals surface area (Å²) < 4.78 is 11.0. The van der Waals surface area contributed by atoms with Crippen molar-refractivity contribution in [3.63, 3.8) is 0 Å². The van der Waals surface area contributed by atoms with Crippen molar-refractivity contribution in [1.29, 1.82) is 0 Å². The Bertz CT molecular complexity index is 607. The standard InChI is InChI=1S/C14H8O2/c1-3-11-14-10(6-8-15-11)2-4-12-13(14)9(1)5-7-16-12/h1-8H. The van der Waals surface area contributed by atoms with Crippen LogP contribution in [0.5, 0.6) is 11.5 Å². The topological polar surface area (TPSA) is 18.5 Å². The van der Waals surface area contributed by atoms with Gasteiger partial charge in [-0.05, 0) is 35.4 Å². The van der Waals surface area contributed by atoms with E-state index in [0.29, 0.717) is 0 Å². The molecule has 2 heteroatoms. The van der Waals surface area contributed by atoms with Crippen molar-refractivity contribution >= 4 is 22.9 Å². The van der Waals surface area contributed by atoms with Gasteiger partial charge in [0.15, 0.2) is 0 Å². The zero-order valence-corrected chi connectivity index (χ0v) is 8.44. The van der Waals surface area contributed by atoms with Crippen molar-refractivity contribution in [3.05, 3.63) is 47.9 Å². The summed E-state index contributed by atoms with van der Waals surface area (Å²) in [5, 5.41) is 2.28.